The molecule has 1 aromatic carbocycles. The van der Waals surface area contributed by atoms with Gasteiger partial charge < -0.3 is 0 Å². The maximum Gasteiger partial charge on any atom is 0.173 e. The Labute approximate surface area is 146 Å². The normalized spacial score (nSPS) is 16.8. The molecule has 0 amide bonds. The van der Waals surface area contributed by atoms with Gasteiger partial charge in [0, 0.05) is 44.3 Å². The van der Waals surface area contributed by atoms with Gasteiger partial charge in [0.1, 0.15) is 0 Å². The minimum absolute atomic E-state index is 0. The summed E-state index contributed by atoms with van der Waals surface area (Å²) in [6, 6.07) is 8.66. The average Bonchev–Trinajstić information content (AvgIpc) is 2.48. The van der Waals surface area contributed by atoms with Gasteiger partial charge in [-0.15, -0.1) is 17.0 Å². The van der Waals surface area contributed by atoms with Crippen molar-refractivity contribution < 1.29 is 4.79 Å². The zero-order valence-corrected chi connectivity index (χ0v) is 16.0. The number of piperazine rings is 1. The van der Waals surface area contributed by atoms with Crippen LogP contribution in [0.5, 0.6) is 0 Å². The second-order valence-corrected chi connectivity index (χ2v) is 6.22. The monoisotopic (exact) mass is 418 g/mol. The number of alkyl halides is 1. The van der Waals surface area contributed by atoms with Gasteiger partial charge in [0.15, 0.2) is 5.78 Å². The molecule has 1 heterocycles. The summed E-state index contributed by atoms with van der Waals surface area (Å²) >= 11 is 3.20. The third-order valence-corrected chi connectivity index (χ3v) is 4.45. The molecule has 1 fully saturated rings. The molecule has 2 rings (SSSR count). The summed E-state index contributed by atoms with van der Waals surface area (Å²) in [7, 11) is 0. The van der Waals surface area contributed by atoms with Crippen LogP contribution in [0.3, 0.4) is 0 Å². The first-order valence-electron chi connectivity index (χ1n) is 7.24. The van der Waals surface area contributed by atoms with Gasteiger partial charge in [-0.2, -0.15) is 0 Å². The van der Waals surface area contributed by atoms with Gasteiger partial charge in [-0.1, -0.05) is 40.2 Å². The third kappa shape index (κ3) is 5.47. The molecular formula is C16H24Br2N2O. The van der Waals surface area contributed by atoms with Crippen LogP contribution in [0.1, 0.15) is 29.8 Å². The van der Waals surface area contributed by atoms with Crippen LogP contribution in [-0.2, 0) is 6.54 Å². The van der Waals surface area contributed by atoms with E-state index in [1.807, 2.05) is 12.1 Å². The van der Waals surface area contributed by atoms with Crippen LogP contribution in [0.15, 0.2) is 24.3 Å². The summed E-state index contributed by atoms with van der Waals surface area (Å²) in [6.45, 7) is 10.1. The molecule has 1 saturated heterocycles. The largest absolute Gasteiger partial charge is 0.298 e. The van der Waals surface area contributed by atoms with Crippen molar-refractivity contribution in [3.8, 4) is 0 Å². The molecule has 1 aliphatic heterocycles. The maximum absolute atomic E-state index is 11.6. The van der Waals surface area contributed by atoms with Crippen molar-refractivity contribution in [1.29, 1.82) is 0 Å². The molecule has 0 aliphatic carbocycles. The van der Waals surface area contributed by atoms with Crippen LogP contribution in [-0.4, -0.2) is 53.1 Å². The molecule has 0 atom stereocenters. The van der Waals surface area contributed by atoms with E-state index in [2.05, 4.69) is 51.7 Å². The van der Waals surface area contributed by atoms with Crippen molar-refractivity contribution in [2.75, 3.05) is 31.5 Å². The molecule has 0 bridgehead atoms. The summed E-state index contributed by atoms with van der Waals surface area (Å²) in [5.74, 6) is 0.141. The van der Waals surface area contributed by atoms with E-state index in [0.717, 1.165) is 38.3 Å². The minimum atomic E-state index is 0. The van der Waals surface area contributed by atoms with Crippen LogP contribution in [0.2, 0.25) is 0 Å². The van der Waals surface area contributed by atoms with Crippen LogP contribution < -0.4 is 0 Å². The molecular weight excluding hydrogens is 396 g/mol. The van der Waals surface area contributed by atoms with E-state index in [1.54, 1.807) is 0 Å². The SMILES string of the molecule is Br.CC(C)N1CCN(Cc2ccc(C(=O)CBr)cc2)CC1. The van der Waals surface area contributed by atoms with Gasteiger partial charge in [0.2, 0.25) is 0 Å². The van der Waals surface area contributed by atoms with Gasteiger partial charge in [0.25, 0.3) is 0 Å². The molecule has 0 aromatic heterocycles. The predicted octanol–water partition coefficient (Wildman–Crippen LogP) is 3.37. The number of hydrogen-bond acceptors (Lipinski definition) is 3. The third-order valence-electron chi connectivity index (χ3n) is 3.94. The van der Waals surface area contributed by atoms with E-state index >= 15 is 0 Å². The second kappa shape index (κ2) is 9.03. The lowest BCUT2D eigenvalue weighted by Crippen LogP contribution is -2.48. The highest BCUT2D eigenvalue weighted by atomic mass is 79.9. The van der Waals surface area contributed by atoms with E-state index in [4.69, 9.17) is 0 Å². The van der Waals surface area contributed by atoms with E-state index < -0.39 is 0 Å². The number of ketones is 1. The topological polar surface area (TPSA) is 23.6 Å². The Kier molecular flexibility index (Phi) is 8.09. The van der Waals surface area contributed by atoms with Crippen molar-refractivity contribution in [2.45, 2.75) is 26.4 Å². The number of Topliss-reactive ketones (excluding diaryl/α,β-unsaturated/α-hetero) is 1. The highest BCUT2D eigenvalue weighted by Crippen LogP contribution is 2.12. The summed E-state index contributed by atoms with van der Waals surface area (Å²) in [4.78, 5) is 16.6. The van der Waals surface area contributed by atoms with Crippen LogP contribution in [0, 0.1) is 0 Å². The Balaban J connectivity index is 0.00000220. The first kappa shape index (κ1) is 18.8. The maximum atomic E-state index is 11.6. The highest BCUT2D eigenvalue weighted by Gasteiger charge is 2.18. The zero-order chi connectivity index (χ0) is 14.5. The van der Waals surface area contributed by atoms with Gasteiger partial charge in [-0.05, 0) is 19.4 Å². The summed E-state index contributed by atoms with van der Waals surface area (Å²) in [5, 5.41) is 0.392. The Hall–Kier alpha value is -0.230. The van der Waals surface area contributed by atoms with Crippen LogP contribution in [0.4, 0.5) is 0 Å². The van der Waals surface area contributed by atoms with Crippen molar-refractivity contribution >= 4 is 38.7 Å². The van der Waals surface area contributed by atoms with Crippen molar-refractivity contribution in [2.24, 2.45) is 0 Å². The van der Waals surface area contributed by atoms with Gasteiger partial charge >= 0.3 is 0 Å². The number of carbonyl (C=O) groups is 1. The highest BCUT2D eigenvalue weighted by molar-refractivity contribution is 9.09. The standard InChI is InChI=1S/C16H23BrN2O.BrH/c1-13(2)19-9-7-18(8-10-19)12-14-3-5-15(6-4-14)16(20)11-17;/h3-6,13H,7-12H2,1-2H3;1H. The van der Waals surface area contributed by atoms with E-state index in [0.29, 0.717) is 11.4 Å². The molecule has 0 unspecified atom stereocenters. The summed E-state index contributed by atoms with van der Waals surface area (Å²) in [5.41, 5.74) is 2.07. The smallest absolute Gasteiger partial charge is 0.173 e. The summed E-state index contributed by atoms with van der Waals surface area (Å²) in [6.07, 6.45) is 0. The molecule has 3 nitrogen and oxygen atoms in total. The lowest BCUT2D eigenvalue weighted by Gasteiger charge is -2.36. The lowest BCUT2D eigenvalue weighted by atomic mass is 10.1. The van der Waals surface area contributed by atoms with E-state index in [1.165, 1.54) is 5.56 Å². The minimum Gasteiger partial charge on any atom is -0.298 e. The average molecular weight is 420 g/mol. The van der Waals surface area contributed by atoms with Gasteiger partial charge in [0.05, 0.1) is 5.33 Å². The number of hydrogen-bond donors (Lipinski definition) is 0. The molecule has 21 heavy (non-hydrogen) atoms. The molecule has 1 aromatic rings. The Bertz CT molecular complexity index is 440. The fraction of sp³-hybridized carbons (Fsp3) is 0.562. The Morgan fingerprint density at radius 3 is 2.19 bits per heavy atom. The molecule has 5 heteroatoms. The molecule has 0 spiro atoms. The van der Waals surface area contributed by atoms with Crippen LogP contribution in [0.25, 0.3) is 0 Å². The Morgan fingerprint density at radius 2 is 1.71 bits per heavy atom. The van der Waals surface area contributed by atoms with Crippen molar-refractivity contribution in [1.82, 2.24) is 9.80 Å². The first-order valence-corrected chi connectivity index (χ1v) is 8.37. The fourth-order valence-electron chi connectivity index (χ4n) is 2.57. The fourth-order valence-corrected chi connectivity index (χ4v) is 2.89. The summed E-state index contributed by atoms with van der Waals surface area (Å²) < 4.78 is 0. The van der Waals surface area contributed by atoms with Gasteiger partial charge in [-0.25, -0.2) is 0 Å². The lowest BCUT2D eigenvalue weighted by molar-refractivity contribution is 0.102. The second-order valence-electron chi connectivity index (χ2n) is 5.66. The molecule has 0 N–H and O–H groups in total. The van der Waals surface area contributed by atoms with E-state index in [-0.39, 0.29) is 22.8 Å². The Morgan fingerprint density at radius 1 is 1.14 bits per heavy atom. The quantitative estimate of drug-likeness (QED) is 0.539. The molecule has 118 valence electrons. The molecule has 1 aliphatic rings. The van der Waals surface area contributed by atoms with Crippen LogP contribution >= 0.6 is 32.9 Å². The van der Waals surface area contributed by atoms with E-state index in [9.17, 15) is 4.79 Å². The predicted molar refractivity (Wildman–Crippen MR) is 96.9 cm³/mol. The zero-order valence-electron chi connectivity index (χ0n) is 12.7. The van der Waals surface area contributed by atoms with Gasteiger partial charge in [-0.3, -0.25) is 14.6 Å². The number of carbonyl (C=O) groups excluding carboxylic acids is 1. The number of halogens is 2. The molecule has 0 saturated carbocycles. The molecule has 0 radical (unpaired) electrons. The first-order chi connectivity index (χ1) is 9.60. The number of benzene rings is 1. The van der Waals surface area contributed by atoms with Crippen molar-refractivity contribution in [3.05, 3.63) is 35.4 Å². The number of rotatable bonds is 5. The van der Waals surface area contributed by atoms with Crippen molar-refractivity contribution in [3.63, 3.8) is 0 Å². The number of nitrogens with zero attached hydrogens (tertiary/aromatic N) is 2.